The monoisotopic (exact) mass is 545 g/mol. The highest BCUT2D eigenvalue weighted by atomic mass is 16.5. The highest BCUT2D eigenvalue weighted by molar-refractivity contribution is 6.58. The molecule has 40 heavy (non-hydrogen) atoms. The van der Waals surface area contributed by atoms with Crippen molar-refractivity contribution in [2.24, 2.45) is 17.8 Å². The largest absolute Gasteiger partial charge is 0.507 e. The lowest BCUT2D eigenvalue weighted by atomic mass is 9.58. The fourth-order valence-electron chi connectivity index (χ4n) is 6.49. The molecule has 2 heterocycles. The Morgan fingerprint density at radius 1 is 1.12 bits per heavy atom. The number of hydrogen-bond donors (Lipinski definition) is 5. The van der Waals surface area contributed by atoms with Gasteiger partial charge in [-0.05, 0) is 72.7 Å². The number of carbonyl (C=O) groups excluding carboxylic acids is 2. The van der Waals surface area contributed by atoms with Crippen molar-refractivity contribution in [2.75, 3.05) is 11.5 Å². The molecule has 4 atom stereocenters. The van der Waals surface area contributed by atoms with Gasteiger partial charge in [0.15, 0.2) is 0 Å². The average Bonchev–Trinajstić information content (AvgIpc) is 3.20. The molecule has 11 heteroatoms. The molecule has 0 aromatic heterocycles. The first kappa shape index (κ1) is 28.3. The fourth-order valence-corrected chi connectivity index (χ4v) is 6.49. The van der Waals surface area contributed by atoms with Crippen LogP contribution in [0.4, 0.5) is 5.69 Å². The van der Waals surface area contributed by atoms with E-state index >= 15 is 0 Å². The number of carbonyl (C=O) groups is 2. The van der Waals surface area contributed by atoms with Crippen LogP contribution in [0.3, 0.4) is 0 Å². The summed E-state index contributed by atoms with van der Waals surface area (Å²) >= 11 is 0. The van der Waals surface area contributed by atoms with Crippen molar-refractivity contribution in [3.05, 3.63) is 70.8 Å². The molecule has 9 nitrogen and oxygen atoms in total. The smallest absolute Gasteiger partial charge is 0.488 e. The summed E-state index contributed by atoms with van der Waals surface area (Å²) in [6.07, 6.45) is 3.60. The average molecular weight is 545 g/mol. The van der Waals surface area contributed by atoms with Crippen molar-refractivity contribution in [3.8, 4) is 5.75 Å². The number of amides is 2. The highest BCUT2D eigenvalue weighted by Gasteiger charge is 2.57. The number of benzene rings is 2. The van der Waals surface area contributed by atoms with E-state index in [0.717, 1.165) is 22.5 Å². The van der Waals surface area contributed by atoms with Gasteiger partial charge < -0.3 is 29.9 Å². The zero-order chi connectivity index (χ0) is 28.6. The number of nitrogens with zero attached hydrogens (tertiary/aromatic N) is 1. The number of allylic oxidation sites excluding steroid dienone is 1. The molecular weight excluding hydrogens is 512 g/mol. The molecule has 0 unspecified atom stereocenters. The van der Waals surface area contributed by atoms with Gasteiger partial charge in [0.25, 0.3) is 0 Å². The molecule has 208 valence electrons. The van der Waals surface area contributed by atoms with Gasteiger partial charge in [0.2, 0.25) is 11.8 Å². The Labute approximate surface area is 233 Å². The Kier molecular flexibility index (Phi) is 8.30. The van der Waals surface area contributed by atoms with Crippen LogP contribution >= 0.6 is 0 Å². The van der Waals surface area contributed by atoms with Crippen LogP contribution in [0.5, 0.6) is 5.75 Å². The normalized spacial score (nSPS) is 24.9. The summed E-state index contributed by atoms with van der Waals surface area (Å²) in [7, 11) is -2.88. The number of fused-ring (bicyclic) bond motifs is 3. The summed E-state index contributed by atoms with van der Waals surface area (Å²) in [5, 5.41) is 50.4. The van der Waals surface area contributed by atoms with Gasteiger partial charge in [0.1, 0.15) is 5.75 Å². The Balaban J connectivity index is 1.43. The Bertz CT molecular complexity index is 1360. The zero-order valence-electron chi connectivity index (χ0n) is 22.3. The molecule has 2 saturated heterocycles. The number of phenolic OH excluding ortho intramolecular Hbond substituents is 1. The van der Waals surface area contributed by atoms with Crippen molar-refractivity contribution in [2.45, 2.75) is 45.0 Å². The van der Waals surface area contributed by atoms with E-state index in [1.807, 2.05) is 25.1 Å². The molecule has 5 rings (SSSR count). The molecular formula is C29H33B2NO8. The predicted molar refractivity (Wildman–Crippen MR) is 151 cm³/mol. The van der Waals surface area contributed by atoms with Crippen LogP contribution in [0.15, 0.2) is 65.3 Å². The van der Waals surface area contributed by atoms with Crippen molar-refractivity contribution < 1.29 is 39.5 Å². The number of anilines is 1. The van der Waals surface area contributed by atoms with E-state index in [4.69, 9.17) is 4.65 Å². The zero-order valence-corrected chi connectivity index (χ0v) is 22.3. The fraction of sp³-hybridized carbons (Fsp3) is 0.379. The first-order chi connectivity index (χ1) is 19.2. The van der Waals surface area contributed by atoms with Crippen LogP contribution in [0.1, 0.15) is 38.2 Å². The van der Waals surface area contributed by atoms with E-state index in [-0.39, 0.29) is 36.2 Å². The van der Waals surface area contributed by atoms with Crippen LogP contribution in [0.2, 0.25) is 6.32 Å². The number of phenols is 1. The maximum absolute atomic E-state index is 13.8. The lowest BCUT2D eigenvalue weighted by Crippen LogP contribution is -2.46. The molecule has 1 aliphatic carbocycles. The van der Waals surface area contributed by atoms with E-state index in [9.17, 15) is 34.9 Å². The summed E-state index contributed by atoms with van der Waals surface area (Å²) in [6.45, 7) is 1.74. The second-order valence-electron chi connectivity index (χ2n) is 10.7. The number of aliphatic hydroxyl groups is 1. The Morgan fingerprint density at radius 3 is 2.60 bits per heavy atom. The van der Waals surface area contributed by atoms with Crippen LogP contribution in [-0.4, -0.2) is 64.0 Å². The number of para-hydroxylation sites is 1. The van der Waals surface area contributed by atoms with Gasteiger partial charge in [0.05, 0.1) is 30.2 Å². The summed E-state index contributed by atoms with van der Waals surface area (Å²) in [6, 6.07) is 13.1. The van der Waals surface area contributed by atoms with Crippen LogP contribution < -0.4 is 10.4 Å². The molecule has 3 aliphatic rings. The van der Waals surface area contributed by atoms with Gasteiger partial charge in [0, 0.05) is 5.56 Å². The number of aliphatic hydroxyl groups excluding tert-OH is 1. The molecule has 5 N–H and O–H groups in total. The number of hydrogen-bond acceptors (Lipinski definition) is 8. The lowest BCUT2D eigenvalue weighted by Gasteiger charge is -2.43. The third-order valence-corrected chi connectivity index (χ3v) is 8.40. The van der Waals surface area contributed by atoms with Crippen molar-refractivity contribution in [1.29, 1.82) is 0 Å². The summed E-state index contributed by atoms with van der Waals surface area (Å²) < 4.78 is 5.97. The van der Waals surface area contributed by atoms with Gasteiger partial charge in [-0.3, -0.25) is 14.5 Å². The van der Waals surface area contributed by atoms with Crippen LogP contribution in [0, 0.1) is 17.8 Å². The minimum Gasteiger partial charge on any atom is -0.507 e. The summed E-state index contributed by atoms with van der Waals surface area (Å²) in [5.41, 5.74) is 3.65. The Hall–Kier alpha value is -3.21. The molecule has 2 aromatic carbocycles. The first-order valence-corrected chi connectivity index (χ1v) is 13.7. The van der Waals surface area contributed by atoms with Gasteiger partial charge in [-0.15, -0.1) is 0 Å². The highest BCUT2D eigenvalue weighted by Crippen LogP contribution is 2.51. The SMILES string of the molecule is CC/C(=C\c1ccccc1O)CC[C@H]1OB(O)C[C@H]2C1=C(CO)C[C@H]1C(=O)N(c3cccc(B(O)O)c3)C(=O)[C@H]12. The van der Waals surface area contributed by atoms with Crippen molar-refractivity contribution >= 4 is 43.3 Å². The quantitative estimate of drug-likeness (QED) is 0.191. The molecule has 2 amide bonds. The summed E-state index contributed by atoms with van der Waals surface area (Å²) in [4.78, 5) is 28.4. The Morgan fingerprint density at radius 2 is 1.90 bits per heavy atom. The second-order valence-corrected chi connectivity index (χ2v) is 10.7. The van der Waals surface area contributed by atoms with Gasteiger partial charge in [-0.2, -0.15) is 0 Å². The maximum atomic E-state index is 13.8. The molecule has 2 aromatic rings. The molecule has 0 radical (unpaired) electrons. The van der Waals surface area contributed by atoms with Crippen LogP contribution in [0.25, 0.3) is 6.08 Å². The maximum Gasteiger partial charge on any atom is 0.488 e. The second kappa shape index (κ2) is 11.7. The van der Waals surface area contributed by atoms with E-state index < -0.39 is 49.9 Å². The summed E-state index contributed by atoms with van der Waals surface area (Å²) in [5.74, 6) is -2.50. The van der Waals surface area contributed by atoms with E-state index in [1.165, 1.54) is 12.1 Å². The number of aromatic hydroxyl groups is 1. The van der Waals surface area contributed by atoms with Crippen molar-refractivity contribution in [3.63, 3.8) is 0 Å². The van der Waals surface area contributed by atoms with Crippen LogP contribution in [-0.2, 0) is 14.2 Å². The van der Waals surface area contributed by atoms with Gasteiger partial charge in [-0.1, -0.05) is 48.9 Å². The third kappa shape index (κ3) is 5.27. The first-order valence-electron chi connectivity index (χ1n) is 13.7. The van der Waals surface area contributed by atoms with E-state index in [1.54, 1.807) is 24.3 Å². The molecule has 2 fully saturated rings. The minimum atomic E-state index is -1.75. The topological polar surface area (TPSA) is 148 Å². The van der Waals surface area contributed by atoms with E-state index in [2.05, 4.69) is 0 Å². The predicted octanol–water partition coefficient (Wildman–Crippen LogP) is 1.64. The molecule has 0 spiro atoms. The lowest BCUT2D eigenvalue weighted by molar-refractivity contribution is -0.122. The molecule has 0 bridgehead atoms. The molecule has 2 aliphatic heterocycles. The molecule has 0 saturated carbocycles. The number of imide groups is 1. The van der Waals surface area contributed by atoms with Gasteiger partial charge >= 0.3 is 14.2 Å². The van der Waals surface area contributed by atoms with Gasteiger partial charge in [-0.25, -0.2) is 0 Å². The third-order valence-electron chi connectivity index (χ3n) is 8.40. The van der Waals surface area contributed by atoms with E-state index in [0.29, 0.717) is 24.0 Å². The standard InChI is InChI=1S/C29H33B2NO8/c1-2-17(12-18-6-3-4-9-24(18)34)10-11-25-26-19(16-33)13-22-27(23(26)15-30(37)40-25)29(36)32(28(22)35)21-8-5-7-20(14-21)31(38)39/h3-9,12,14,22-23,25,27,33-34,37-39H,2,10-11,13,15-16H2,1H3/b17-12+/t22-,23+,25-,27-/m1/s1. The number of rotatable bonds is 8. The minimum absolute atomic E-state index is 0.132. The van der Waals surface area contributed by atoms with Crippen molar-refractivity contribution in [1.82, 2.24) is 0 Å².